The summed E-state index contributed by atoms with van der Waals surface area (Å²) in [6.07, 6.45) is 5.82. The fourth-order valence-electron chi connectivity index (χ4n) is 4.59. The van der Waals surface area contributed by atoms with Crippen molar-refractivity contribution in [3.05, 3.63) is 23.5 Å². The molecule has 1 aliphatic carbocycles. The first-order valence-electron chi connectivity index (χ1n) is 11.3. The van der Waals surface area contributed by atoms with Gasteiger partial charge in [-0.25, -0.2) is 8.42 Å². The molecule has 0 bridgehead atoms. The molecule has 174 valence electrons. The molecule has 3 heterocycles. The summed E-state index contributed by atoms with van der Waals surface area (Å²) >= 11 is 0. The maximum absolute atomic E-state index is 13.7. The topological polar surface area (TPSA) is 71.5 Å². The number of halogens is 2. The molecule has 4 rings (SSSR count). The third kappa shape index (κ3) is 4.94. The maximum atomic E-state index is 13.7. The molecule has 0 radical (unpaired) electrons. The Morgan fingerprint density at radius 2 is 1.94 bits per heavy atom. The Bertz CT molecular complexity index is 888. The molecule has 3 aliphatic rings. The monoisotopic (exact) mass is 457 g/mol. The Balaban J connectivity index is 1.43. The van der Waals surface area contributed by atoms with Crippen LogP contribution in [0.4, 0.5) is 8.78 Å². The highest BCUT2D eigenvalue weighted by Gasteiger charge is 2.48. The van der Waals surface area contributed by atoms with Gasteiger partial charge < -0.3 is 10.1 Å². The van der Waals surface area contributed by atoms with E-state index in [4.69, 9.17) is 4.74 Å². The van der Waals surface area contributed by atoms with Gasteiger partial charge in [-0.15, -0.1) is 0 Å². The Labute approximate surface area is 183 Å². The van der Waals surface area contributed by atoms with Gasteiger partial charge in [-0.3, -0.25) is 4.98 Å². The molecule has 0 amide bonds. The van der Waals surface area contributed by atoms with Crippen LogP contribution in [0.25, 0.3) is 0 Å². The summed E-state index contributed by atoms with van der Waals surface area (Å²) < 4.78 is 61.0. The Kier molecular flexibility index (Phi) is 6.42. The number of hydrogen-bond acceptors (Lipinski definition) is 5. The van der Waals surface area contributed by atoms with Crippen molar-refractivity contribution in [2.75, 3.05) is 39.4 Å². The van der Waals surface area contributed by atoms with Crippen LogP contribution in [0.5, 0.6) is 0 Å². The van der Waals surface area contributed by atoms with Gasteiger partial charge in [0.25, 0.3) is 5.92 Å². The average molecular weight is 458 g/mol. The Morgan fingerprint density at radius 3 is 2.52 bits per heavy atom. The van der Waals surface area contributed by atoms with Crippen LogP contribution in [0.2, 0.25) is 0 Å². The zero-order chi connectivity index (χ0) is 22.3. The molecular formula is C22H33F2N3O3S. The van der Waals surface area contributed by atoms with Gasteiger partial charge in [0.1, 0.15) is 10.6 Å². The summed E-state index contributed by atoms with van der Waals surface area (Å²) in [5.41, 5.74) is 0.0530. The Hall–Kier alpha value is -1.16. The van der Waals surface area contributed by atoms with Crippen molar-refractivity contribution in [2.24, 2.45) is 11.3 Å². The van der Waals surface area contributed by atoms with E-state index in [2.05, 4.69) is 17.2 Å². The molecular weight excluding hydrogens is 424 g/mol. The highest BCUT2D eigenvalue weighted by Crippen LogP contribution is 2.46. The number of pyridine rings is 1. The molecule has 2 saturated heterocycles. The number of rotatable bonds is 9. The summed E-state index contributed by atoms with van der Waals surface area (Å²) in [5.74, 6) is -2.44. The molecule has 0 spiro atoms. The normalized spacial score (nSPS) is 23.0. The van der Waals surface area contributed by atoms with E-state index in [1.165, 1.54) is 10.4 Å². The van der Waals surface area contributed by atoms with Crippen LogP contribution in [0, 0.1) is 11.3 Å². The average Bonchev–Trinajstić information content (AvgIpc) is 3.54. The minimum atomic E-state index is -3.75. The van der Waals surface area contributed by atoms with Crippen molar-refractivity contribution in [3.63, 3.8) is 0 Å². The summed E-state index contributed by atoms with van der Waals surface area (Å²) in [4.78, 5) is 3.91. The van der Waals surface area contributed by atoms with Crippen molar-refractivity contribution >= 4 is 10.0 Å². The number of hydrogen-bond donors (Lipinski definition) is 1. The standard InChI is InChI=1S/C22H33F2N3O3S/c1-3-22(13-25-11-16-6-8-30-9-7-16)14-27(15-22)31(28,29)19-12-26-20(21(2,23)24)10-18(19)17-4-5-17/h10,12,16-17,25H,3-9,11,13-15H2,1-2H3. The fraction of sp³-hybridized carbons (Fsp3) is 0.773. The van der Waals surface area contributed by atoms with Crippen LogP contribution in [0.15, 0.2) is 17.2 Å². The summed E-state index contributed by atoms with van der Waals surface area (Å²) in [6.45, 7) is 7.12. The van der Waals surface area contributed by atoms with E-state index >= 15 is 0 Å². The van der Waals surface area contributed by atoms with Crippen LogP contribution >= 0.6 is 0 Å². The van der Waals surface area contributed by atoms with Crippen LogP contribution in [-0.4, -0.2) is 57.1 Å². The van der Waals surface area contributed by atoms with Gasteiger partial charge in [0.15, 0.2) is 0 Å². The molecule has 9 heteroatoms. The largest absolute Gasteiger partial charge is 0.381 e. The van der Waals surface area contributed by atoms with E-state index in [9.17, 15) is 17.2 Å². The van der Waals surface area contributed by atoms with Crippen LogP contribution in [0.3, 0.4) is 0 Å². The van der Waals surface area contributed by atoms with E-state index < -0.39 is 15.9 Å². The van der Waals surface area contributed by atoms with Gasteiger partial charge in [0, 0.05) is 51.4 Å². The predicted octanol–water partition coefficient (Wildman–Crippen LogP) is 3.49. The fourth-order valence-corrected chi connectivity index (χ4v) is 6.47. The van der Waals surface area contributed by atoms with Crippen molar-refractivity contribution in [2.45, 2.75) is 62.7 Å². The number of nitrogens with zero attached hydrogens (tertiary/aromatic N) is 2. The van der Waals surface area contributed by atoms with Gasteiger partial charge >= 0.3 is 0 Å². The van der Waals surface area contributed by atoms with Crippen molar-refractivity contribution < 1.29 is 21.9 Å². The molecule has 2 aliphatic heterocycles. The van der Waals surface area contributed by atoms with Gasteiger partial charge in [0.05, 0.1) is 0 Å². The molecule has 0 aromatic carbocycles. The Morgan fingerprint density at radius 1 is 1.26 bits per heavy atom. The zero-order valence-electron chi connectivity index (χ0n) is 18.4. The van der Waals surface area contributed by atoms with Gasteiger partial charge in [-0.2, -0.15) is 13.1 Å². The van der Waals surface area contributed by atoms with Crippen LogP contribution in [-0.2, 0) is 20.7 Å². The van der Waals surface area contributed by atoms with E-state index in [1.807, 2.05) is 0 Å². The number of nitrogens with one attached hydrogen (secondary N) is 1. The lowest BCUT2D eigenvalue weighted by Crippen LogP contribution is -2.62. The summed E-state index contributed by atoms with van der Waals surface area (Å²) in [7, 11) is -3.75. The molecule has 3 fully saturated rings. The first kappa shape index (κ1) is 23.0. The second-order valence-corrected chi connectivity index (χ2v) is 11.5. The van der Waals surface area contributed by atoms with Crippen LogP contribution in [0.1, 0.15) is 63.1 Å². The van der Waals surface area contributed by atoms with E-state index in [0.717, 1.165) is 71.5 Å². The van der Waals surface area contributed by atoms with Gasteiger partial charge in [-0.05, 0) is 62.1 Å². The molecule has 1 saturated carbocycles. The number of aromatic nitrogens is 1. The number of sulfonamides is 1. The summed E-state index contributed by atoms with van der Waals surface area (Å²) in [5, 5.41) is 3.55. The van der Waals surface area contributed by atoms with Crippen molar-refractivity contribution in [3.8, 4) is 0 Å². The number of alkyl halides is 2. The predicted molar refractivity (Wildman–Crippen MR) is 114 cm³/mol. The first-order chi connectivity index (χ1) is 14.6. The molecule has 1 N–H and O–H groups in total. The van der Waals surface area contributed by atoms with E-state index in [-0.39, 0.29) is 21.9 Å². The maximum Gasteiger partial charge on any atom is 0.286 e. The lowest BCUT2D eigenvalue weighted by atomic mass is 9.79. The van der Waals surface area contributed by atoms with E-state index in [0.29, 0.717) is 24.6 Å². The van der Waals surface area contributed by atoms with Crippen molar-refractivity contribution in [1.29, 1.82) is 0 Å². The third-order valence-electron chi connectivity index (χ3n) is 7.03. The number of ether oxygens (including phenoxy) is 1. The molecule has 0 atom stereocenters. The zero-order valence-corrected chi connectivity index (χ0v) is 19.2. The highest BCUT2D eigenvalue weighted by atomic mass is 32.2. The smallest absolute Gasteiger partial charge is 0.286 e. The lowest BCUT2D eigenvalue weighted by Gasteiger charge is -2.49. The minimum Gasteiger partial charge on any atom is -0.381 e. The molecule has 1 aromatic rings. The molecule has 31 heavy (non-hydrogen) atoms. The molecule has 6 nitrogen and oxygen atoms in total. The third-order valence-corrected chi connectivity index (χ3v) is 8.86. The second-order valence-electron chi connectivity index (χ2n) is 9.58. The SMILES string of the molecule is CCC1(CNCC2CCOCC2)CN(S(=O)(=O)c2cnc(C(C)(F)F)cc2C2CC2)C1. The molecule has 0 unspecified atom stereocenters. The quantitative estimate of drug-likeness (QED) is 0.615. The van der Waals surface area contributed by atoms with E-state index in [1.54, 1.807) is 0 Å². The summed E-state index contributed by atoms with van der Waals surface area (Å²) in [6, 6.07) is 1.30. The second kappa shape index (κ2) is 8.65. The first-order valence-corrected chi connectivity index (χ1v) is 12.8. The lowest BCUT2D eigenvalue weighted by molar-refractivity contribution is 0.0125. The van der Waals surface area contributed by atoms with Crippen molar-refractivity contribution in [1.82, 2.24) is 14.6 Å². The minimum absolute atomic E-state index is 0.0345. The van der Waals surface area contributed by atoms with Crippen LogP contribution < -0.4 is 5.32 Å². The highest BCUT2D eigenvalue weighted by molar-refractivity contribution is 7.89. The molecule has 1 aromatic heterocycles. The van der Waals surface area contributed by atoms with Gasteiger partial charge in [-0.1, -0.05) is 6.92 Å². The van der Waals surface area contributed by atoms with Gasteiger partial charge in [0.2, 0.25) is 10.0 Å².